The Balaban J connectivity index is 2.28. The molecule has 0 amide bonds. The Kier molecular flexibility index (Phi) is 3.65. The smallest absolute Gasteiger partial charge is 0.313 e. The monoisotopic (exact) mass is 248 g/mol. The van der Waals surface area contributed by atoms with Gasteiger partial charge in [-0.1, -0.05) is 37.3 Å². The summed E-state index contributed by atoms with van der Waals surface area (Å²) in [6.45, 7) is 3.75. The van der Waals surface area contributed by atoms with Crippen molar-refractivity contribution in [1.82, 2.24) is 0 Å². The molecular weight excluding hydrogens is 232 g/mol. The van der Waals surface area contributed by atoms with Gasteiger partial charge < -0.3 is 9.47 Å². The van der Waals surface area contributed by atoms with Crippen LogP contribution >= 0.6 is 0 Å². The third-order valence-corrected chi connectivity index (χ3v) is 3.17. The average Bonchev–Trinajstić information content (AvgIpc) is 2.67. The molecule has 4 heteroatoms. The van der Waals surface area contributed by atoms with Gasteiger partial charge >= 0.3 is 11.9 Å². The zero-order valence-electron chi connectivity index (χ0n) is 10.5. The van der Waals surface area contributed by atoms with Crippen molar-refractivity contribution in [3.05, 3.63) is 35.9 Å². The Morgan fingerprint density at radius 3 is 2.61 bits per heavy atom. The Bertz CT molecular complexity index is 440. The van der Waals surface area contributed by atoms with Gasteiger partial charge in [-0.05, 0) is 12.5 Å². The number of hydrogen-bond donors (Lipinski definition) is 0. The highest BCUT2D eigenvalue weighted by atomic mass is 16.6. The van der Waals surface area contributed by atoms with Gasteiger partial charge in [0.1, 0.15) is 12.0 Å². The van der Waals surface area contributed by atoms with E-state index in [4.69, 9.17) is 9.47 Å². The van der Waals surface area contributed by atoms with E-state index < -0.39 is 17.9 Å². The summed E-state index contributed by atoms with van der Waals surface area (Å²) in [4.78, 5) is 23.6. The minimum atomic E-state index is -0.556. The maximum atomic E-state index is 11.9. The lowest BCUT2D eigenvalue weighted by atomic mass is 9.88. The van der Waals surface area contributed by atoms with Crippen LogP contribution in [0.3, 0.4) is 0 Å². The van der Waals surface area contributed by atoms with Crippen LogP contribution in [0.4, 0.5) is 0 Å². The summed E-state index contributed by atoms with van der Waals surface area (Å²) in [5.74, 6) is -1.74. The summed E-state index contributed by atoms with van der Waals surface area (Å²) in [6.07, 6.45) is -0.534. The minimum Gasteiger partial charge on any atom is -0.466 e. The van der Waals surface area contributed by atoms with Crippen LogP contribution in [-0.4, -0.2) is 18.5 Å². The van der Waals surface area contributed by atoms with E-state index in [-0.39, 0.29) is 11.9 Å². The zero-order chi connectivity index (χ0) is 13.1. The number of cyclic esters (lactones) is 1. The van der Waals surface area contributed by atoms with E-state index in [1.54, 1.807) is 13.8 Å². The molecule has 1 aromatic carbocycles. The highest BCUT2D eigenvalue weighted by molar-refractivity contribution is 5.85. The molecule has 3 atom stereocenters. The minimum absolute atomic E-state index is 0.303. The van der Waals surface area contributed by atoms with Crippen LogP contribution in [0.5, 0.6) is 0 Å². The van der Waals surface area contributed by atoms with E-state index in [1.165, 1.54) is 0 Å². The van der Waals surface area contributed by atoms with Crippen molar-refractivity contribution in [3.8, 4) is 0 Å². The second-order valence-corrected chi connectivity index (χ2v) is 4.33. The number of rotatable bonds is 3. The topological polar surface area (TPSA) is 52.6 Å². The molecule has 1 saturated heterocycles. The fourth-order valence-electron chi connectivity index (χ4n) is 2.20. The van der Waals surface area contributed by atoms with Crippen molar-refractivity contribution in [2.45, 2.75) is 20.0 Å². The molecule has 0 bridgehead atoms. The normalized spacial score (nSPS) is 26.8. The number of carbonyl (C=O) groups is 2. The first-order chi connectivity index (χ1) is 8.65. The van der Waals surface area contributed by atoms with E-state index >= 15 is 0 Å². The van der Waals surface area contributed by atoms with Gasteiger partial charge in [-0.3, -0.25) is 9.59 Å². The first kappa shape index (κ1) is 12.6. The molecule has 1 fully saturated rings. The second kappa shape index (κ2) is 5.21. The van der Waals surface area contributed by atoms with Crippen molar-refractivity contribution < 1.29 is 19.1 Å². The molecule has 0 aromatic heterocycles. The molecule has 18 heavy (non-hydrogen) atoms. The number of esters is 2. The third kappa shape index (κ3) is 2.23. The lowest BCUT2D eigenvalue weighted by molar-refractivity contribution is -0.151. The highest BCUT2D eigenvalue weighted by Gasteiger charge is 2.47. The number of carbonyl (C=O) groups excluding carboxylic acids is 2. The summed E-state index contributed by atoms with van der Waals surface area (Å²) in [7, 11) is 0. The molecule has 0 unspecified atom stereocenters. The standard InChI is InChI=1S/C14H16O4/c1-3-17-14(16)11-9(2)13(15)18-12(11)10-7-5-4-6-8-10/h4-9,11-12H,3H2,1-2H3/t9-,11-,12-/m1/s1. The van der Waals surface area contributed by atoms with Gasteiger partial charge in [-0.2, -0.15) is 0 Å². The van der Waals surface area contributed by atoms with Gasteiger partial charge in [0, 0.05) is 0 Å². The van der Waals surface area contributed by atoms with Crippen LogP contribution in [0.1, 0.15) is 25.5 Å². The molecule has 0 N–H and O–H groups in total. The van der Waals surface area contributed by atoms with Gasteiger partial charge in [0.05, 0.1) is 12.5 Å². The summed E-state index contributed by atoms with van der Waals surface area (Å²) < 4.78 is 10.3. The maximum absolute atomic E-state index is 11.9. The van der Waals surface area contributed by atoms with E-state index in [2.05, 4.69) is 0 Å². The average molecular weight is 248 g/mol. The quantitative estimate of drug-likeness (QED) is 0.769. The van der Waals surface area contributed by atoms with Crippen molar-refractivity contribution in [2.24, 2.45) is 11.8 Å². The Morgan fingerprint density at radius 1 is 1.33 bits per heavy atom. The van der Waals surface area contributed by atoms with E-state index in [9.17, 15) is 9.59 Å². The summed E-state index contributed by atoms with van der Waals surface area (Å²) in [5.41, 5.74) is 0.827. The molecule has 0 saturated carbocycles. The van der Waals surface area contributed by atoms with Gasteiger partial charge in [0.2, 0.25) is 0 Å². The zero-order valence-corrected chi connectivity index (χ0v) is 10.5. The Morgan fingerprint density at radius 2 is 2.00 bits per heavy atom. The SMILES string of the molecule is CCOC(=O)[C@H]1[C@@H](c2ccccc2)OC(=O)[C@@H]1C. The molecule has 1 aromatic rings. The molecule has 0 spiro atoms. The summed E-state index contributed by atoms with van der Waals surface area (Å²) in [5, 5.41) is 0. The molecule has 1 heterocycles. The fraction of sp³-hybridized carbons (Fsp3) is 0.429. The van der Waals surface area contributed by atoms with Gasteiger partial charge in [-0.15, -0.1) is 0 Å². The first-order valence-corrected chi connectivity index (χ1v) is 6.07. The number of hydrogen-bond acceptors (Lipinski definition) is 4. The van der Waals surface area contributed by atoms with Gasteiger partial charge in [0.25, 0.3) is 0 Å². The van der Waals surface area contributed by atoms with Crippen LogP contribution < -0.4 is 0 Å². The predicted molar refractivity (Wildman–Crippen MR) is 64.6 cm³/mol. The van der Waals surface area contributed by atoms with E-state index in [0.29, 0.717) is 6.61 Å². The highest BCUT2D eigenvalue weighted by Crippen LogP contribution is 2.39. The molecule has 96 valence electrons. The van der Waals surface area contributed by atoms with Crippen LogP contribution in [0.2, 0.25) is 0 Å². The van der Waals surface area contributed by atoms with Crippen LogP contribution in [0, 0.1) is 11.8 Å². The molecule has 2 rings (SSSR count). The van der Waals surface area contributed by atoms with Crippen LogP contribution in [-0.2, 0) is 19.1 Å². The molecular formula is C14H16O4. The fourth-order valence-corrected chi connectivity index (χ4v) is 2.20. The number of ether oxygens (including phenoxy) is 2. The van der Waals surface area contributed by atoms with Crippen molar-refractivity contribution in [1.29, 1.82) is 0 Å². The first-order valence-electron chi connectivity index (χ1n) is 6.07. The predicted octanol–water partition coefficient (Wildman–Crippen LogP) is 2.10. The molecule has 0 radical (unpaired) electrons. The molecule has 1 aliphatic rings. The molecule has 1 aliphatic heterocycles. The lowest BCUT2D eigenvalue weighted by Gasteiger charge is -2.18. The lowest BCUT2D eigenvalue weighted by Crippen LogP contribution is -2.26. The summed E-state index contributed by atoms with van der Waals surface area (Å²) in [6, 6.07) is 9.29. The number of benzene rings is 1. The third-order valence-electron chi connectivity index (χ3n) is 3.17. The largest absolute Gasteiger partial charge is 0.466 e. The van der Waals surface area contributed by atoms with Crippen molar-refractivity contribution in [3.63, 3.8) is 0 Å². The van der Waals surface area contributed by atoms with Crippen LogP contribution in [0.15, 0.2) is 30.3 Å². The molecule has 0 aliphatic carbocycles. The van der Waals surface area contributed by atoms with Crippen LogP contribution in [0.25, 0.3) is 0 Å². The summed E-state index contributed by atoms with van der Waals surface area (Å²) >= 11 is 0. The Hall–Kier alpha value is -1.84. The van der Waals surface area contributed by atoms with Gasteiger partial charge in [0.15, 0.2) is 0 Å². The van der Waals surface area contributed by atoms with Crippen molar-refractivity contribution >= 4 is 11.9 Å². The maximum Gasteiger partial charge on any atom is 0.313 e. The molecule has 4 nitrogen and oxygen atoms in total. The Labute approximate surface area is 106 Å². The second-order valence-electron chi connectivity index (χ2n) is 4.33. The van der Waals surface area contributed by atoms with Gasteiger partial charge in [-0.25, -0.2) is 0 Å². The van der Waals surface area contributed by atoms with E-state index in [1.807, 2.05) is 30.3 Å². The van der Waals surface area contributed by atoms with E-state index in [0.717, 1.165) is 5.56 Å². The van der Waals surface area contributed by atoms with Crippen molar-refractivity contribution in [2.75, 3.05) is 6.61 Å².